The van der Waals surface area contributed by atoms with Crippen molar-refractivity contribution in [1.82, 2.24) is 0 Å². The van der Waals surface area contributed by atoms with Gasteiger partial charge >= 0.3 is 21.1 Å². The van der Waals surface area contributed by atoms with Gasteiger partial charge in [0.1, 0.15) is 0 Å². The first-order valence-corrected chi connectivity index (χ1v) is 26.2. The SMILES string of the molecule is CCCCPCCCC.CCCCPCCCC.[C-]#Cc1ccc(C#Cc2ccc(C#Cc3ccccc3)cc2)cc1.[C-]#Cc1ccc(C#Cc2ccc(C#Cc3ccccc3)cc2)cc1.[Pt+2]. The van der Waals surface area contributed by atoms with Crippen LogP contribution in [0.5, 0.6) is 0 Å². The summed E-state index contributed by atoms with van der Waals surface area (Å²) in [5.74, 6) is 29.8. The minimum Gasteiger partial charge on any atom is -0.366 e. The van der Waals surface area contributed by atoms with Gasteiger partial charge in [-0.15, -0.1) is 52.6 Å². The molecular weight excluding hydrogens is 1030 g/mol. The van der Waals surface area contributed by atoms with Gasteiger partial charge in [-0.3, -0.25) is 11.8 Å². The van der Waals surface area contributed by atoms with Crippen molar-refractivity contribution in [2.75, 3.05) is 24.6 Å². The Balaban J connectivity index is 0.000000337. The van der Waals surface area contributed by atoms with Gasteiger partial charge in [0.2, 0.25) is 0 Å². The number of hydrogen-bond donors (Lipinski definition) is 0. The number of benzene rings is 6. The van der Waals surface area contributed by atoms with Crippen LogP contribution in [-0.4, -0.2) is 24.6 Å². The molecular formula is C64H64P2Pt. The van der Waals surface area contributed by atoms with Gasteiger partial charge < -0.3 is 12.8 Å². The Morgan fingerprint density at radius 2 is 0.463 bits per heavy atom. The van der Waals surface area contributed by atoms with Crippen LogP contribution in [0.4, 0.5) is 0 Å². The van der Waals surface area contributed by atoms with Crippen molar-refractivity contribution in [3.63, 3.8) is 0 Å². The van der Waals surface area contributed by atoms with Gasteiger partial charge in [-0.2, -0.15) is 0 Å². The Morgan fingerprint density at radius 1 is 0.284 bits per heavy atom. The second-order valence-corrected chi connectivity index (χ2v) is 18.2. The van der Waals surface area contributed by atoms with Crippen LogP contribution >= 0.6 is 17.2 Å². The van der Waals surface area contributed by atoms with E-state index in [1.807, 2.05) is 158 Å². The van der Waals surface area contributed by atoms with E-state index in [0.29, 0.717) is 0 Å². The average Bonchev–Trinajstić information content (AvgIpc) is 3.38. The normalized spacial score (nSPS) is 9.10. The van der Waals surface area contributed by atoms with Gasteiger partial charge in [-0.25, -0.2) is 0 Å². The first-order valence-electron chi connectivity index (χ1n) is 23.3. The van der Waals surface area contributed by atoms with Gasteiger partial charge in [0.15, 0.2) is 0 Å². The van der Waals surface area contributed by atoms with Crippen molar-refractivity contribution in [3.05, 3.63) is 226 Å². The fourth-order valence-corrected chi connectivity index (χ4v) is 8.54. The fraction of sp³-hybridized carbons (Fsp3) is 0.250. The average molecular weight is 1090 g/mol. The van der Waals surface area contributed by atoms with Crippen LogP contribution in [0.3, 0.4) is 0 Å². The van der Waals surface area contributed by atoms with Crippen molar-refractivity contribution in [3.8, 4) is 59.2 Å². The Kier molecular flexibility index (Phi) is 32.8. The summed E-state index contributed by atoms with van der Waals surface area (Å²) >= 11 is 0. The minimum atomic E-state index is 0. The van der Waals surface area contributed by atoms with Gasteiger partial charge in [0.25, 0.3) is 0 Å². The molecule has 0 amide bonds. The van der Waals surface area contributed by atoms with E-state index in [-0.39, 0.29) is 21.1 Å². The van der Waals surface area contributed by atoms with E-state index in [2.05, 4.69) is 86.9 Å². The van der Waals surface area contributed by atoms with Crippen molar-refractivity contribution < 1.29 is 21.1 Å². The maximum atomic E-state index is 7.06. The van der Waals surface area contributed by atoms with Crippen LogP contribution in [0.2, 0.25) is 0 Å². The van der Waals surface area contributed by atoms with Crippen LogP contribution in [0.1, 0.15) is 135 Å². The maximum Gasteiger partial charge on any atom is 2.00 e. The van der Waals surface area contributed by atoms with Crippen molar-refractivity contribution in [2.24, 2.45) is 0 Å². The predicted molar refractivity (Wildman–Crippen MR) is 291 cm³/mol. The summed E-state index contributed by atoms with van der Waals surface area (Å²) in [7, 11) is 2.49. The molecule has 6 aromatic carbocycles. The molecule has 3 heteroatoms. The van der Waals surface area contributed by atoms with E-state index in [1.165, 1.54) is 93.2 Å². The number of hydrogen-bond acceptors (Lipinski definition) is 0. The first-order chi connectivity index (χ1) is 32.5. The number of rotatable bonds is 12. The first kappa shape index (κ1) is 57.4. The summed E-state index contributed by atoms with van der Waals surface area (Å²) in [6, 6.07) is 50.6. The zero-order valence-electron chi connectivity index (χ0n) is 39.8. The van der Waals surface area contributed by atoms with Crippen LogP contribution in [0.15, 0.2) is 158 Å². The van der Waals surface area contributed by atoms with Crippen molar-refractivity contribution in [1.29, 1.82) is 0 Å². The molecule has 0 nitrogen and oxygen atoms in total. The maximum absolute atomic E-state index is 7.06. The third-order valence-corrected chi connectivity index (χ3v) is 12.4. The van der Waals surface area contributed by atoms with Gasteiger partial charge in [-0.1, -0.05) is 161 Å². The molecule has 0 heterocycles. The topological polar surface area (TPSA) is 0 Å². The molecule has 0 atom stereocenters. The molecule has 0 aliphatic carbocycles. The monoisotopic (exact) mass is 1090 g/mol. The summed E-state index contributed by atoms with van der Waals surface area (Å²) in [5, 5.41) is 0. The summed E-state index contributed by atoms with van der Waals surface area (Å²) in [6.45, 7) is 9.07. The molecule has 0 radical (unpaired) electrons. The minimum absolute atomic E-state index is 0. The summed E-state index contributed by atoms with van der Waals surface area (Å²) in [5.41, 5.74) is 9.18. The Morgan fingerprint density at radius 3 is 0.642 bits per heavy atom. The Labute approximate surface area is 424 Å². The predicted octanol–water partition coefficient (Wildman–Crippen LogP) is 15.4. The molecule has 0 spiro atoms. The second kappa shape index (κ2) is 38.3. The fourth-order valence-electron chi connectivity index (χ4n) is 5.63. The van der Waals surface area contributed by atoms with E-state index < -0.39 is 0 Å². The van der Waals surface area contributed by atoms with Crippen LogP contribution in [-0.2, 0) is 21.1 Å². The van der Waals surface area contributed by atoms with E-state index in [9.17, 15) is 0 Å². The quantitative estimate of drug-likeness (QED) is 0.0496. The van der Waals surface area contributed by atoms with E-state index in [1.54, 1.807) is 0 Å². The molecule has 0 bridgehead atoms. The van der Waals surface area contributed by atoms with Crippen LogP contribution in [0, 0.1) is 72.1 Å². The molecule has 340 valence electrons. The zero-order chi connectivity index (χ0) is 47.1. The number of unbranched alkanes of at least 4 members (excludes halogenated alkanes) is 4. The molecule has 0 saturated carbocycles. The zero-order valence-corrected chi connectivity index (χ0v) is 44.1. The molecule has 0 aliphatic rings. The molecule has 0 unspecified atom stereocenters. The van der Waals surface area contributed by atoms with E-state index in [4.69, 9.17) is 12.8 Å². The molecule has 0 aromatic heterocycles. The molecule has 0 N–H and O–H groups in total. The summed E-state index contributed by atoms with van der Waals surface area (Å²) < 4.78 is 0. The smallest absolute Gasteiger partial charge is 0.366 e. The van der Waals surface area contributed by atoms with Crippen LogP contribution < -0.4 is 0 Å². The van der Waals surface area contributed by atoms with Crippen molar-refractivity contribution >= 4 is 17.2 Å². The van der Waals surface area contributed by atoms with Gasteiger partial charge in [0.05, 0.1) is 0 Å². The third kappa shape index (κ3) is 27.5. The van der Waals surface area contributed by atoms with Crippen molar-refractivity contribution in [2.45, 2.75) is 79.1 Å². The second-order valence-electron chi connectivity index (χ2n) is 15.2. The van der Waals surface area contributed by atoms with Gasteiger partial charge in [0, 0.05) is 44.5 Å². The van der Waals surface area contributed by atoms with E-state index >= 15 is 0 Å². The van der Waals surface area contributed by atoms with E-state index in [0.717, 1.165) is 55.6 Å². The molecule has 6 rings (SSSR count). The van der Waals surface area contributed by atoms with Gasteiger partial charge in [-0.05, 0) is 123 Å². The Hall–Kier alpha value is -5.77. The Bertz CT molecular complexity index is 2370. The largest absolute Gasteiger partial charge is 2.00 e. The molecule has 0 saturated heterocycles. The molecule has 67 heavy (non-hydrogen) atoms. The summed E-state index contributed by atoms with van der Waals surface area (Å²) in [4.78, 5) is 0. The van der Waals surface area contributed by atoms with Crippen LogP contribution in [0.25, 0.3) is 0 Å². The molecule has 6 aromatic rings. The molecule has 0 fully saturated rings. The summed E-state index contributed by atoms with van der Waals surface area (Å²) in [6.07, 6.45) is 31.3. The molecule has 0 aliphatic heterocycles. The standard InChI is InChI=1S/2C24H13.2C8H19P.Pt/c2*1-2-20-8-10-22(11-9-20)14-15-24-18-16-23(17-19-24)13-12-21-6-4-3-5-7-21;2*1-3-5-7-9-8-6-4-2;/h2*3-11,16-19H;2*9H,3-8H2,1-2H3;/q2*-1;;;+2. The third-order valence-electron chi connectivity index (χ3n) is 9.61.